The molecule has 1 saturated heterocycles. The van der Waals surface area contributed by atoms with E-state index in [1.165, 1.54) is 30.5 Å². The molecule has 32 heavy (non-hydrogen) atoms. The molecule has 6 heteroatoms. The molecule has 3 heterocycles. The second-order valence-corrected chi connectivity index (χ2v) is 9.59. The number of aromatic amines is 1. The van der Waals surface area contributed by atoms with Crippen molar-refractivity contribution in [2.45, 2.75) is 32.4 Å². The Kier molecular flexibility index (Phi) is 6.06. The lowest BCUT2D eigenvalue weighted by Gasteiger charge is -2.31. The van der Waals surface area contributed by atoms with Gasteiger partial charge < -0.3 is 9.88 Å². The van der Waals surface area contributed by atoms with E-state index in [1.54, 1.807) is 11.3 Å². The van der Waals surface area contributed by atoms with Crippen LogP contribution in [0.15, 0.2) is 65.5 Å². The van der Waals surface area contributed by atoms with Crippen LogP contribution in [0.4, 0.5) is 5.69 Å². The molecule has 0 amide bonds. The highest BCUT2D eigenvalue weighted by Gasteiger charge is 2.16. The topological polar surface area (TPSA) is 52.2 Å². The summed E-state index contributed by atoms with van der Waals surface area (Å²) in [6.45, 7) is 3.68. The van der Waals surface area contributed by atoms with Gasteiger partial charge >= 0.3 is 0 Å². The Morgan fingerprint density at radius 2 is 1.75 bits per heavy atom. The first-order valence-corrected chi connectivity index (χ1v) is 12.1. The minimum Gasteiger partial charge on any atom is -0.371 e. The maximum absolute atomic E-state index is 12.7. The second kappa shape index (κ2) is 9.27. The van der Waals surface area contributed by atoms with Crippen LogP contribution in [0.5, 0.6) is 0 Å². The third-order valence-electron chi connectivity index (χ3n) is 6.06. The monoisotopic (exact) mass is 444 g/mol. The van der Waals surface area contributed by atoms with Gasteiger partial charge in [-0.15, -0.1) is 11.3 Å². The van der Waals surface area contributed by atoms with Crippen LogP contribution < -0.4 is 10.5 Å². The summed E-state index contributed by atoms with van der Waals surface area (Å²) in [5.74, 6) is 0.710. The van der Waals surface area contributed by atoms with Crippen molar-refractivity contribution in [1.82, 2.24) is 14.9 Å². The number of aromatic nitrogens is 2. The van der Waals surface area contributed by atoms with Crippen molar-refractivity contribution in [3.63, 3.8) is 0 Å². The lowest BCUT2D eigenvalue weighted by Crippen LogP contribution is -2.31. The number of benzene rings is 2. The summed E-state index contributed by atoms with van der Waals surface area (Å²) in [6, 6.07) is 20.8. The third-order valence-corrected chi connectivity index (χ3v) is 7.14. The normalized spacial score (nSPS) is 14.4. The first-order chi connectivity index (χ1) is 15.7. The molecule has 4 aromatic rings. The lowest BCUT2D eigenvalue weighted by molar-refractivity contribution is 0.310. The maximum Gasteiger partial charge on any atom is 0.259 e. The van der Waals surface area contributed by atoms with Crippen molar-refractivity contribution in [3.8, 4) is 10.4 Å². The molecule has 0 saturated carbocycles. The van der Waals surface area contributed by atoms with Crippen LogP contribution in [-0.4, -0.2) is 35.0 Å². The summed E-state index contributed by atoms with van der Waals surface area (Å²) in [7, 11) is 2.08. The van der Waals surface area contributed by atoms with E-state index >= 15 is 0 Å². The fourth-order valence-electron chi connectivity index (χ4n) is 4.49. The Morgan fingerprint density at radius 3 is 2.56 bits per heavy atom. The van der Waals surface area contributed by atoms with Gasteiger partial charge in [-0.1, -0.05) is 48.5 Å². The molecule has 164 valence electrons. The summed E-state index contributed by atoms with van der Waals surface area (Å²) in [6.07, 6.45) is 3.86. The van der Waals surface area contributed by atoms with Crippen LogP contribution in [0.3, 0.4) is 0 Å². The number of H-pyrrole nitrogens is 1. The van der Waals surface area contributed by atoms with Gasteiger partial charge in [0.1, 0.15) is 10.7 Å². The number of rotatable bonds is 6. The van der Waals surface area contributed by atoms with Crippen molar-refractivity contribution >= 4 is 27.2 Å². The van der Waals surface area contributed by atoms with Crippen LogP contribution in [0.1, 0.15) is 30.7 Å². The van der Waals surface area contributed by atoms with E-state index in [-0.39, 0.29) is 5.56 Å². The highest BCUT2D eigenvalue weighted by molar-refractivity contribution is 7.21. The average molecular weight is 445 g/mol. The number of anilines is 1. The fraction of sp³-hybridized carbons (Fsp3) is 0.308. The number of nitrogens with one attached hydrogen (secondary N) is 1. The molecular weight excluding hydrogens is 416 g/mol. The van der Waals surface area contributed by atoms with Gasteiger partial charge in [0.15, 0.2) is 0 Å². The van der Waals surface area contributed by atoms with E-state index in [1.807, 2.05) is 24.3 Å². The van der Waals surface area contributed by atoms with Crippen LogP contribution in [0, 0.1) is 0 Å². The Balaban J connectivity index is 1.35. The Labute approximate surface area is 192 Å². The standard InChI is InChI=1S/C26H28N4OS/c1-29(17-20-12-6-7-13-22(20)30-14-8-3-9-15-30)18-24-27-25(31)21-16-23(32-26(21)28-24)19-10-4-2-5-11-19/h2,4-7,10-13,16H,3,8-9,14-15,17-18H2,1H3,(H,27,28,31). The fourth-order valence-corrected chi connectivity index (χ4v) is 5.54. The van der Waals surface area contributed by atoms with Gasteiger partial charge in [-0.2, -0.15) is 0 Å². The Morgan fingerprint density at radius 1 is 1.00 bits per heavy atom. The summed E-state index contributed by atoms with van der Waals surface area (Å²) in [4.78, 5) is 27.1. The van der Waals surface area contributed by atoms with E-state index < -0.39 is 0 Å². The van der Waals surface area contributed by atoms with E-state index in [2.05, 4.69) is 58.2 Å². The highest BCUT2D eigenvalue weighted by Crippen LogP contribution is 2.31. The molecule has 0 atom stereocenters. The zero-order chi connectivity index (χ0) is 21.9. The minimum atomic E-state index is -0.0643. The van der Waals surface area contributed by atoms with Gasteiger partial charge in [0.05, 0.1) is 11.9 Å². The molecular formula is C26H28N4OS. The van der Waals surface area contributed by atoms with Crippen LogP contribution in [-0.2, 0) is 13.1 Å². The van der Waals surface area contributed by atoms with Gasteiger partial charge in [-0.25, -0.2) is 4.98 Å². The van der Waals surface area contributed by atoms with Crippen molar-refractivity contribution < 1.29 is 0 Å². The zero-order valence-electron chi connectivity index (χ0n) is 18.4. The Hall–Kier alpha value is -2.96. The van der Waals surface area contributed by atoms with Gasteiger partial charge in [-0.05, 0) is 49.6 Å². The van der Waals surface area contributed by atoms with E-state index in [0.29, 0.717) is 17.8 Å². The highest BCUT2D eigenvalue weighted by atomic mass is 32.1. The molecule has 0 aliphatic carbocycles. The molecule has 0 radical (unpaired) electrons. The molecule has 1 aliphatic heterocycles. The predicted molar refractivity (Wildman–Crippen MR) is 133 cm³/mol. The van der Waals surface area contributed by atoms with Crippen LogP contribution in [0.25, 0.3) is 20.7 Å². The summed E-state index contributed by atoms with van der Waals surface area (Å²) < 4.78 is 0. The summed E-state index contributed by atoms with van der Waals surface area (Å²) in [5, 5.41) is 0.663. The molecule has 1 N–H and O–H groups in total. The minimum absolute atomic E-state index is 0.0643. The van der Waals surface area contributed by atoms with Crippen molar-refractivity contribution in [3.05, 3.63) is 82.4 Å². The Bertz CT molecular complexity index is 1260. The van der Waals surface area contributed by atoms with Gasteiger partial charge in [0.2, 0.25) is 0 Å². The van der Waals surface area contributed by atoms with Crippen molar-refractivity contribution in [2.75, 3.05) is 25.0 Å². The van der Waals surface area contributed by atoms with Crippen LogP contribution in [0.2, 0.25) is 0 Å². The zero-order valence-corrected chi connectivity index (χ0v) is 19.2. The number of thiophene rings is 1. The van der Waals surface area contributed by atoms with E-state index in [0.717, 1.165) is 34.9 Å². The number of piperidine rings is 1. The van der Waals surface area contributed by atoms with Gasteiger partial charge in [-0.3, -0.25) is 9.69 Å². The average Bonchev–Trinajstić information content (AvgIpc) is 3.25. The number of fused-ring (bicyclic) bond motifs is 1. The number of para-hydroxylation sites is 1. The molecule has 0 unspecified atom stereocenters. The predicted octanol–water partition coefficient (Wildman–Crippen LogP) is 5.27. The summed E-state index contributed by atoms with van der Waals surface area (Å²) in [5.41, 5.74) is 3.71. The SMILES string of the molecule is CN(Cc1nc2sc(-c3ccccc3)cc2c(=O)[nH]1)Cc1ccccc1N1CCCCC1. The number of hydrogen-bond donors (Lipinski definition) is 1. The van der Waals surface area contributed by atoms with E-state index in [4.69, 9.17) is 4.98 Å². The largest absolute Gasteiger partial charge is 0.371 e. The number of nitrogens with zero attached hydrogens (tertiary/aromatic N) is 3. The molecule has 1 fully saturated rings. The number of hydrogen-bond acceptors (Lipinski definition) is 5. The molecule has 1 aliphatic rings. The first-order valence-electron chi connectivity index (χ1n) is 11.3. The summed E-state index contributed by atoms with van der Waals surface area (Å²) >= 11 is 1.57. The smallest absolute Gasteiger partial charge is 0.259 e. The molecule has 0 bridgehead atoms. The van der Waals surface area contributed by atoms with Gasteiger partial charge in [0.25, 0.3) is 5.56 Å². The van der Waals surface area contributed by atoms with Crippen molar-refractivity contribution in [2.24, 2.45) is 0 Å². The lowest BCUT2D eigenvalue weighted by atomic mass is 10.1. The molecule has 5 rings (SSSR count). The first kappa shape index (κ1) is 20.9. The van der Waals surface area contributed by atoms with E-state index in [9.17, 15) is 4.79 Å². The third kappa shape index (κ3) is 4.47. The quantitative estimate of drug-likeness (QED) is 0.440. The second-order valence-electron chi connectivity index (χ2n) is 8.56. The van der Waals surface area contributed by atoms with Gasteiger partial charge in [0, 0.05) is 30.2 Å². The van der Waals surface area contributed by atoms with Crippen LogP contribution >= 0.6 is 11.3 Å². The van der Waals surface area contributed by atoms with Crippen molar-refractivity contribution in [1.29, 1.82) is 0 Å². The molecule has 2 aromatic carbocycles. The molecule has 2 aromatic heterocycles. The molecule has 0 spiro atoms. The maximum atomic E-state index is 12.7. The molecule has 5 nitrogen and oxygen atoms in total.